The number of halogens is 1. The second-order valence-corrected chi connectivity index (χ2v) is 7.83. The average Bonchev–Trinajstić information content (AvgIpc) is 2.83. The molecule has 3 aromatic rings. The van der Waals surface area contributed by atoms with Crippen LogP contribution in [0.15, 0.2) is 78.9 Å². The number of nitrogens with one attached hydrogen (secondary N) is 1. The molecular weight excluding hydrogens is 391 g/mol. The Balaban J connectivity index is 1.40. The van der Waals surface area contributed by atoms with E-state index in [0.717, 1.165) is 16.7 Å². The number of hydrogen-bond acceptors (Lipinski definition) is 2. The van der Waals surface area contributed by atoms with Crippen LogP contribution in [0.5, 0.6) is 0 Å². The summed E-state index contributed by atoms with van der Waals surface area (Å²) in [6.45, 7) is 1.46. The number of carbonyl (C=O) groups excluding carboxylic acids is 2. The van der Waals surface area contributed by atoms with Gasteiger partial charge in [-0.3, -0.25) is 9.59 Å². The number of carbonyl (C=O) groups is 2. The normalized spacial score (nSPS) is 14.3. The van der Waals surface area contributed by atoms with Crippen molar-refractivity contribution in [3.05, 3.63) is 95.8 Å². The molecule has 4 rings (SSSR count). The molecule has 1 saturated heterocycles. The molecule has 158 valence electrons. The summed E-state index contributed by atoms with van der Waals surface area (Å²) < 4.78 is 14.0. The van der Waals surface area contributed by atoms with Crippen molar-refractivity contribution < 1.29 is 14.0 Å². The van der Waals surface area contributed by atoms with Gasteiger partial charge in [0.25, 0.3) is 5.91 Å². The van der Waals surface area contributed by atoms with Crippen LogP contribution in [-0.2, 0) is 11.3 Å². The first-order chi connectivity index (χ1) is 15.1. The topological polar surface area (TPSA) is 49.4 Å². The maximum Gasteiger partial charge on any atom is 0.254 e. The van der Waals surface area contributed by atoms with Gasteiger partial charge >= 0.3 is 0 Å². The molecule has 0 radical (unpaired) electrons. The summed E-state index contributed by atoms with van der Waals surface area (Å²) in [6.07, 6.45) is 1.20. The number of piperidine rings is 1. The second kappa shape index (κ2) is 9.56. The molecule has 4 nitrogen and oxygen atoms in total. The molecule has 0 spiro atoms. The number of amides is 2. The Morgan fingerprint density at radius 3 is 2.23 bits per heavy atom. The van der Waals surface area contributed by atoms with Crippen LogP contribution in [0, 0.1) is 11.7 Å². The molecule has 0 saturated carbocycles. The van der Waals surface area contributed by atoms with Crippen LogP contribution in [0.25, 0.3) is 11.1 Å². The molecule has 0 unspecified atom stereocenters. The lowest BCUT2D eigenvalue weighted by molar-refractivity contribution is -0.126. The lowest BCUT2D eigenvalue weighted by Crippen LogP contribution is -2.43. The summed E-state index contributed by atoms with van der Waals surface area (Å²) in [5.41, 5.74) is 3.01. The molecule has 3 aromatic carbocycles. The van der Waals surface area contributed by atoms with Gasteiger partial charge in [-0.05, 0) is 41.7 Å². The summed E-state index contributed by atoms with van der Waals surface area (Å²) in [7, 11) is 0. The van der Waals surface area contributed by atoms with Crippen LogP contribution in [0.2, 0.25) is 0 Å². The summed E-state index contributed by atoms with van der Waals surface area (Å²) in [5.74, 6) is -0.722. The SMILES string of the molecule is O=C(NCc1ccccc1)C1CCN(C(=O)c2cc(F)ccc2-c2ccccc2)CC1. The highest BCUT2D eigenvalue weighted by molar-refractivity contribution is 6.01. The van der Waals surface area contributed by atoms with Crippen molar-refractivity contribution in [1.29, 1.82) is 0 Å². The molecule has 1 aliphatic rings. The Morgan fingerprint density at radius 1 is 0.903 bits per heavy atom. The van der Waals surface area contributed by atoms with Gasteiger partial charge in [0.15, 0.2) is 0 Å². The molecule has 0 atom stereocenters. The van der Waals surface area contributed by atoms with Gasteiger partial charge in [0.2, 0.25) is 5.91 Å². The molecular formula is C26H25FN2O2. The maximum absolute atomic E-state index is 14.0. The van der Waals surface area contributed by atoms with Gasteiger partial charge in [-0.15, -0.1) is 0 Å². The summed E-state index contributed by atoms with van der Waals surface area (Å²) in [6, 6.07) is 23.6. The summed E-state index contributed by atoms with van der Waals surface area (Å²) in [4.78, 5) is 27.5. The maximum atomic E-state index is 14.0. The van der Waals surface area contributed by atoms with E-state index in [1.807, 2.05) is 60.7 Å². The first-order valence-corrected chi connectivity index (χ1v) is 10.6. The van der Waals surface area contributed by atoms with E-state index in [4.69, 9.17) is 0 Å². The Kier molecular flexibility index (Phi) is 6.41. The molecule has 31 heavy (non-hydrogen) atoms. The number of nitrogens with zero attached hydrogens (tertiary/aromatic N) is 1. The van der Waals surface area contributed by atoms with Gasteiger partial charge in [-0.1, -0.05) is 66.7 Å². The minimum absolute atomic E-state index is 0.0201. The zero-order valence-electron chi connectivity index (χ0n) is 17.3. The standard InChI is InChI=1S/C26H25FN2O2/c27-22-11-12-23(20-9-5-2-6-10-20)24(17-22)26(31)29-15-13-21(14-16-29)25(30)28-18-19-7-3-1-4-8-19/h1-12,17,21H,13-16,18H2,(H,28,30). The quantitative estimate of drug-likeness (QED) is 0.658. The van der Waals surface area contributed by atoms with Gasteiger partial charge < -0.3 is 10.2 Å². The van der Waals surface area contributed by atoms with Gasteiger partial charge in [0.05, 0.1) is 5.56 Å². The molecule has 1 N–H and O–H groups in total. The van der Waals surface area contributed by atoms with Crippen molar-refractivity contribution in [2.45, 2.75) is 19.4 Å². The molecule has 0 bridgehead atoms. The molecule has 1 fully saturated rings. The van der Waals surface area contributed by atoms with Crippen molar-refractivity contribution >= 4 is 11.8 Å². The smallest absolute Gasteiger partial charge is 0.254 e. The van der Waals surface area contributed by atoms with Crippen LogP contribution in [0.3, 0.4) is 0 Å². The zero-order chi connectivity index (χ0) is 21.6. The average molecular weight is 416 g/mol. The first-order valence-electron chi connectivity index (χ1n) is 10.6. The van der Waals surface area contributed by atoms with Gasteiger partial charge in [0, 0.05) is 25.6 Å². The molecule has 0 aromatic heterocycles. The van der Waals surface area contributed by atoms with Crippen molar-refractivity contribution in [1.82, 2.24) is 10.2 Å². The van der Waals surface area contributed by atoms with Crippen LogP contribution in [-0.4, -0.2) is 29.8 Å². The molecule has 1 aliphatic heterocycles. The highest BCUT2D eigenvalue weighted by atomic mass is 19.1. The van der Waals surface area contributed by atoms with E-state index in [2.05, 4.69) is 5.32 Å². The fourth-order valence-electron chi connectivity index (χ4n) is 4.01. The molecule has 1 heterocycles. The van der Waals surface area contributed by atoms with Crippen molar-refractivity contribution in [2.24, 2.45) is 5.92 Å². The van der Waals surface area contributed by atoms with Crippen molar-refractivity contribution in [2.75, 3.05) is 13.1 Å². The summed E-state index contributed by atoms with van der Waals surface area (Å²) >= 11 is 0. The third kappa shape index (κ3) is 5.00. The first kappa shape index (κ1) is 20.8. The number of likely N-dealkylation sites (tertiary alicyclic amines) is 1. The third-order valence-electron chi connectivity index (χ3n) is 5.76. The fourth-order valence-corrected chi connectivity index (χ4v) is 4.01. The second-order valence-electron chi connectivity index (χ2n) is 7.83. The van der Waals surface area contributed by atoms with Crippen LogP contribution in [0.4, 0.5) is 4.39 Å². The van der Waals surface area contributed by atoms with Crippen LogP contribution < -0.4 is 5.32 Å². The third-order valence-corrected chi connectivity index (χ3v) is 5.76. The van der Waals surface area contributed by atoms with Gasteiger partial charge in [-0.2, -0.15) is 0 Å². The predicted molar refractivity (Wildman–Crippen MR) is 119 cm³/mol. The Hall–Kier alpha value is -3.47. The van der Waals surface area contributed by atoms with Gasteiger partial charge in [0.1, 0.15) is 5.82 Å². The minimum Gasteiger partial charge on any atom is -0.352 e. The van der Waals surface area contributed by atoms with E-state index in [1.165, 1.54) is 12.1 Å². The Bertz CT molecular complexity index is 1050. The minimum atomic E-state index is -0.432. The molecule has 2 amide bonds. The van der Waals surface area contributed by atoms with Crippen LogP contribution in [0.1, 0.15) is 28.8 Å². The van der Waals surface area contributed by atoms with E-state index >= 15 is 0 Å². The van der Waals surface area contributed by atoms with Crippen LogP contribution >= 0.6 is 0 Å². The number of hydrogen-bond donors (Lipinski definition) is 1. The zero-order valence-corrected chi connectivity index (χ0v) is 17.3. The van der Waals surface area contributed by atoms with Gasteiger partial charge in [-0.25, -0.2) is 4.39 Å². The highest BCUT2D eigenvalue weighted by Crippen LogP contribution is 2.27. The highest BCUT2D eigenvalue weighted by Gasteiger charge is 2.29. The van der Waals surface area contributed by atoms with Crippen molar-refractivity contribution in [3.8, 4) is 11.1 Å². The van der Waals surface area contributed by atoms with E-state index in [1.54, 1.807) is 11.0 Å². The number of rotatable bonds is 5. The summed E-state index contributed by atoms with van der Waals surface area (Å²) in [5, 5.41) is 2.99. The number of benzene rings is 3. The lowest BCUT2D eigenvalue weighted by atomic mass is 9.94. The van der Waals surface area contributed by atoms with Crippen molar-refractivity contribution in [3.63, 3.8) is 0 Å². The molecule has 0 aliphatic carbocycles. The lowest BCUT2D eigenvalue weighted by Gasteiger charge is -2.32. The van der Waals surface area contributed by atoms with E-state index < -0.39 is 5.82 Å². The fraction of sp³-hybridized carbons (Fsp3) is 0.231. The Labute approximate surface area is 181 Å². The predicted octanol–water partition coefficient (Wildman–Crippen LogP) is 4.66. The largest absolute Gasteiger partial charge is 0.352 e. The monoisotopic (exact) mass is 416 g/mol. The van der Waals surface area contributed by atoms with E-state index in [9.17, 15) is 14.0 Å². The van der Waals surface area contributed by atoms with E-state index in [-0.39, 0.29) is 17.7 Å². The Morgan fingerprint density at radius 2 is 1.55 bits per heavy atom. The molecule has 5 heteroatoms. The van der Waals surface area contributed by atoms with E-state index in [0.29, 0.717) is 38.0 Å².